The van der Waals surface area contributed by atoms with Crippen LogP contribution >= 0.6 is 11.3 Å². The van der Waals surface area contributed by atoms with E-state index >= 15 is 0 Å². The Morgan fingerprint density at radius 2 is 2.00 bits per heavy atom. The Hall–Kier alpha value is -1.88. The van der Waals surface area contributed by atoms with Gasteiger partial charge in [0.05, 0.1) is 5.56 Å². The Morgan fingerprint density at radius 3 is 2.67 bits per heavy atom. The van der Waals surface area contributed by atoms with Gasteiger partial charge in [0.15, 0.2) is 0 Å². The molecule has 0 spiro atoms. The largest absolute Gasteiger partial charge is 0.416 e. The molecule has 0 atom stereocenters. The Morgan fingerprint density at radius 1 is 1.19 bits per heavy atom. The van der Waals surface area contributed by atoms with Crippen molar-refractivity contribution >= 4 is 23.2 Å². The molecule has 1 aromatic heterocycles. The minimum absolute atomic E-state index is 0.0126. The molecule has 5 heteroatoms. The van der Waals surface area contributed by atoms with Gasteiger partial charge in [0.2, 0.25) is 0 Å². The van der Waals surface area contributed by atoms with E-state index in [1.807, 2.05) is 23.6 Å². The Balaban J connectivity index is 1.94. The van der Waals surface area contributed by atoms with E-state index in [0.717, 1.165) is 17.0 Å². The van der Waals surface area contributed by atoms with Crippen LogP contribution in [0.5, 0.6) is 0 Å². The third-order valence-electron chi connectivity index (χ3n) is 2.83. The normalized spacial score (nSPS) is 12.0. The minimum Gasteiger partial charge on any atom is -0.299 e. The Kier molecular flexibility index (Phi) is 4.96. The number of benzene rings is 1. The summed E-state index contributed by atoms with van der Waals surface area (Å²) in [5, 5.41) is 1.93. The van der Waals surface area contributed by atoms with Crippen LogP contribution in [0, 0.1) is 0 Å². The van der Waals surface area contributed by atoms with Crippen LogP contribution in [-0.4, -0.2) is 5.78 Å². The lowest BCUT2D eigenvalue weighted by atomic mass is 10.0. The van der Waals surface area contributed by atoms with Crippen molar-refractivity contribution in [1.82, 2.24) is 0 Å². The third-order valence-corrected chi connectivity index (χ3v) is 3.66. The van der Waals surface area contributed by atoms with Crippen LogP contribution in [0.25, 0.3) is 6.08 Å². The van der Waals surface area contributed by atoms with E-state index in [-0.39, 0.29) is 18.6 Å². The number of halogens is 3. The van der Waals surface area contributed by atoms with E-state index in [1.54, 1.807) is 17.4 Å². The first kappa shape index (κ1) is 15.5. The second-order valence-electron chi connectivity index (χ2n) is 4.54. The monoisotopic (exact) mass is 310 g/mol. The molecular formula is C16H13F3OS. The molecule has 2 aromatic rings. The molecule has 2 rings (SSSR count). The number of alkyl halides is 3. The summed E-state index contributed by atoms with van der Waals surface area (Å²) in [5.74, 6) is -0.109. The van der Waals surface area contributed by atoms with Crippen LogP contribution < -0.4 is 0 Å². The van der Waals surface area contributed by atoms with Crippen LogP contribution in [0.15, 0.2) is 47.9 Å². The molecule has 0 N–H and O–H groups in total. The Labute approximate surface area is 124 Å². The topological polar surface area (TPSA) is 17.1 Å². The SMILES string of the molecule is O=C(C/C=C/c1cccs1)Cc1cccc(C(F)(F)F)c1. The summed E-state index contributed by atoms with van der Waals surface area (Å²) in [7, 11) is 0. The maximum atomic E-state index is 12.6. The van der Waals surface area contributed by atoms with Gasteiger partial charge in [-0.15, -0.1) is 11.3 Å². The number of hydrogen-bond donors (Lipinski definition) is 0. The molecule has 110 valence electrons. The summed E-state index contributed by atoms with van der Waals surface area (Å²) < 4.78 is 37.7. The first-order chi connectivity index (χ1) is 9.95. The molecule has 0 aliphatic rings. The fourth-order valence-electron chi connectivity index (χ4n) is 1.85. The highest BCUT2D eigenvalue weighted by atomic mass is 32.1. The van der Waals surface area contributed by atoms with E-state index in [0.29, 0.717) is 5.56 Å². The third kappa shape index (κ3) is 4.86. The van der Waals surface area contributed by atoms with Crippen molar-refractivity contribution in [3.8, 4) is 0 Å². The quantitative estimate of drug-likeness (QED) is 0.761. The molecule has 0 fully saturated rings. The number of Topliss-reactive ketones (excluding diaryl/α,β-unsaturated/α-hetero) is 1. The summed E-state index contributed by atoms with van der Waals surface area (Å²) >= 11 is 1.56. The summed E-state index contributed by atoms with van der Waals surface area (Å²) in [6.45, 7) is 0. The number of allylic oxidation sites excluding steroid dienone is 1. The van der Waals surface area contributed by atoms with Crippen LogP contribution in [-0.2, 0) is 17.4 Å². The highest BCUT2D eigenvalue weighted by Gasteiger charge is 2.30. The van der Waals surface area contributed by atoms with Gasteiger partial charge < -0.3 is 0 Å². The van der Waals surface area contributed by atoms with Crippen LogP contribution in [0.2, 0.25) is 0 Å². The van der Waals surface area contributed by atoms with Gasteiger partial charge in [0.1, 0.15) is 5.78 Å². The number of ketones is 1. The molecule has 21 heavy (non-hydrogen) atoms. The van der Waals surface area contributed by atoms with Crippen LogP contribution in [0.4, 0.5) is 13.2 Å². The molecular weight excluding hydrogens is 297 g/mol. The number of thiophene rings is 1. The van der Waals surface area contributed by atoms with Gasteiger partial charge in [-0.3, -0.25) is 4.79 Å². The van der Waals surface area contributed by atoms with Gasteiger partial charge in [0.25, 0.3) is 0 Å². The lowest BCUT2D eigenvalue weighted by Gasteiger charge is -2.08. The smallest absolute Gasteiger partial charge is 0.299 e. The van der Waals surface area contributed by atoms with E-state index in [1.165, 1.54) is 12.1 Å². The van der Waals surface area contributed by atoms with Gasteiger partial charge in [-0.1, -0.05) is 30.3 Å². The fourth-order valence-corrected chi connectivity index (χ4v) is 2.50. The van der Waals surface area contributed by atoms with Gasteiger partial charge in [-0.05, 0) is 29.2 Å². The maximum absolute atomic E-state index is 12.6. The van der Waals surface area contributed by atoms with Crippen molar-refractivity contribution in [2.24, 2.45) is 0 Å². The molecule has 0 saturated carbocycles. The first-order valence-corrected chi connectivity index (χ1v) is 7.21. The number of rotatable bonds is 5. The molecule has 0 aliphatic heterocycles. The average Bonchev–Trinajstić information content (AvgIpc) is 2.91. The second-order valence-corrected chi connectivity index (χ2v) is 5.51. The first-order valence-electron chi connectivity index (χ1n) is 6.33. The summed E-state index contributed by atoms with van der Waals surface area (Å²) in [5.41, 5.74) is -0.332. The van der Waals surface area contributed by atoms with Crippen molar-refractivity contribution < 1.29 is 18.0 Å². The van der Waals surface area contributed by atoms with Crippen molar-refractivity contribution in [3.63, 3.8) is 0 Å². The zero-order chi connectivity index (χ0) is 15.3. The predicted octanol–water partition coefficient (Wildman–Crippen LogP) is 4.98. The van der Waals surface area contributed by atoms with Crippen molar-refractivity contribution in [3.05, 3.63) is 63.9 Å². The maximum Gasteiger partial charge on any atom is 0.416 e. The molecule has 1 heterocycles. The highest BCUT2D eigenvalue weighted by molar-refractivity contribution is 7.10. The van der Waals surface area contributed by atoms with Gasteiger partial charge in [-0.25, -0.2) is 0 Å². The van der Waals surface area contributed by atoms with Gasteiger partial charge in [-0.2, -0.15) is 13.2 Å². The zero-order valence-corrected chi connectivity index (χ0v) is 11.9. The summed E-state index contributed by atoms with van der Waals surface area (Å²) in [4.78, 5) is 12.8. The zero-order valence-electron chi connectivity index (χ0n) is 11.1. The van der Waals surface area contributed by atoms with Crippen LogP contribution in [0.1, 0.15) is 22.4 Å². The number of carbonyl (C=O) groups excluding carboxylic acids is 1. The van der Waals surface area contributed by atoms with E-state index in [4.69, 9.17) is 0 Å². The predicted molar refractivity (Wildman–Crippen MR) is 78.1 cm³/mol. The molecule has 1 nitrogen and oxygen atoms in total. The number of carbonyl (C=O) groups is 1. The summed E-state index contributed by atoms with van der Waals surface area (Å²) in [6, 6.07) is 8.74. The summed E-state index contributed by atoms with van der Waals surface area (Å²) in [6.07, 6.45) is -0.568. The van der Waals surface area contributed by atoms with Crippen molar-refractivity contribution in [2.45, 2.75) is 19.0 Å². The van der Waals surface area contributed by atoms with E-state index < -0.39 is 11.7 Å². The molecule has 0 saturated heterocycles. The highest BCUT2D eigenvalue weighted by Crippen LogP contribution is 2.29. The molecule has 0 radical (unpaired) electrons. The second kappa shape index (κ2) is 6.72. The molecule has 0 unspecified atom stereocenters. The van der Waals surface area contributed by atoms with Crippen LogP contribution in [0.3, 0.4) is 0 Å². The lowest BCUT2D eigenvalue weighted by Crippen LogP contribution is -2.07. The standard InChI is InChI=1S/C16H13F3OS/c17-16(18,19)13-5-1-4-12(10-13)11-14(20)6-2-7-15-8-3-9-21-15/h1-5,7-10H,6,11H2/b7-2+. The fraction of sp³-hybridized carbons (Fsp3) is 0.188. The number of hydrogen-bond acceptors (Lipinski definition) is 2. The van der Waals surface area contributed by atoms with E-state index in [9.17, 15) is 18.0 Å². The Bertz CT molecular complexity index is 627. The molecule has 1 aromatic carbocycles. The average molecular weight is 310 g/mol. The molecule has 0 aliphatic carbocycles. The van der Waals surface area contributed by atoms with Crippen molar-refractivity contribution in [2.75, 3.05) is 0 Å². The van der Waals surface area contributed by atoms with Gasteiger partial charge in [0, 0.05) is 17.7 Å². The van der Waals surface area contributed by atoms with E-state index in [2.05, 4.69) is 0 Å². The van der Waals surface area contributed by atoms with Crippen molar-refractivity contribution in [1.29, 1.82) is 0 Å². The van der Waals surface area contributed by atoms with Gasteiger partial charge >= 0.3 is 6.18 Å². The minimum atomic E-state index is -4.38. The molecule has 0 bridgehead atoms. The lowest BCUT2D eigenvalue weighted by molar-refractivity contribution is -0.137. The molecule has 0 amide bonds.